The van der Waals surface area contributed by atoms with Gasteiger partial charge in [-0.15, -0.1) is 0 Å². The molecule has 0 unspecified atom stereocenters. The molecule has 19 heavy (non-hydrogen) atoms. The predicted molar refractivity (Wildman–Crippen MR) is 73.7 cm³/mol. The van der Waals surface area contributed by atoms with Gasteiger partial charge in [0.05, 0.1) is 6.42 Å². The number of amides is 1. The number of nitrogens with zero attached hydrogens (tertiary/aromatic N) is 2. The lowest BCUT2D eigenvalue weighted by Crippen LogP contribution is -2.15. The van der Waals surface area contributed by atoms with Crippen LogP contribution in [0.2, 0.25) is 5.15 Å². The Bertz CT molecular complexity index is 574. The maximum atomic E-state index is 11.0. The van der Waals surface area contributed by atoms with Crippen molar-refractivity contribution in [2.24, 2.45) is 5.73 Å². The van der Waals surface area contributed by atoms with Crippen LogP contribution in [0, 0.1) is 0 Å². The van der Waals surface area contributed by atoms with E-state index in [0.717, 1.165) is 16.8 Å². The molecule has 2 aromatic rings. The topological polar surface area (TPSA) is 80.9 Å². The molecule has 0 atom stereocenters. The van der Waals surface area contributed by atoms with Gasteiger partial charge in [0.1, 0.15) is 5.15 Å². The summed E-state index contributed by atoms with van der Waals surface area (Å²) >= 11 is 5.86. The quantitative estimate of drug-likeness (QED) is 0.816. The van der Waals surface area contributed by atoms with E-state index in [2.05, 4.69) is 15.3 Å². The van der Waals surface area contributed by atoms with Gasteiger partial charge in [-0.25, -0.2) is 4.98 Å². The number of aromatic nitrogens is 2. The first-order chi connectivity index (χ1) is 9.15. The zero-order valence-electron chi connectivity index (χ0n) is 10.1. The van der Waals surface area contributed by atoms with Gasteiger partial charge in [0.25, 0.3) is 0 Å². The molecule has 0 bridgehead atoms. The molecular formula is C13H13ClN4O. The van der Waals surface area contributed by atoms with Gasteiger partial charge in [0.15, 0.2) is 0 Å². The molecule has 3 N–H and O–H groups in total. The van der Waals surface area contributed by atoms with E-state index >= 15 is 0 Å². The lowest BCUT2D eigenvalue weighted by molar-refractivity contribution is -0.117. The van der Waals surface area contributed by atoms with Crippen molar-refractivity contribution in [3.8, 4) is 0 Å². The Balaban J connectivity index is 2.14. The third-order valence-corrected chi connectivity index (χ3v) is 2.73. The number of halogens is 1. The molecule has 0 aromatic carbocycles. The highest BCUT2D eigenvalue weighted by molar-refractivity contribution is 6.29. The molecule has 0 saturated heterocycles. The molecule has 0 aliphatic heterocycles. The molecule has 5 nitrogen and oxygen atoms in total. The Morgan fingerprint density at radius 2 is 2.26 bits per heavy atom. The van der Waals surface area contributed by atoms with Crippen molar-refractivity contribution in [3.05, 3.63) is 53.1 Å². The van der Waals surface area contributed by atoms with Crippen molar-refractivity contribution < 1.29 is 4.79 Å². The van der Waals surface area contributed by atoms with Crippen LogP contribution in [0.4, 0.5) is 5.69 Å². The minimum Gasteiger partial charge on any atom is -0.381 e. The second-order valence-electron chi connectivity index (χ2n) is 4.02. The number of hydrogen-bond donors (Lipinski definition) is 2. The summed E-state index contributed by atoms with van der Waals surface area (Å²) in [5.41, 5.74) is 7.70. The second-order valence-corrected chi connectivity index (χ2v) is 4.41. The average Bonchev–Trinajstić information content (AvgIpc) is 2.40. The highest BCUT2D eigenvalue weighted by atomic mass is 35.5. The maximum absolute atomic E-state index is 11.0. The summed E-state index contributed by atoms with van der Waals surface area (Å²) in [7, 11) is 0. The van der Waals surface area contributed by atoms with Crippen LogP contribution in [-0.2, 0) is 17.8 Å². The number of nitrogens with two attached hydrogens (primary N) is 1. The first-order valence-corrected chi connectivity index (χ1v) is 6.08. The molecule has 6 heteroatoms. The molecule has 0 spiro atoms. The van der Waals surface area contributed by atoms with Crippen LogP contribution in [0.25, 0.3) is 0 Å². The SMILES string of the molecule is NC(=O)Cc1cnc(Cl)cc1NCc1cccnc1. The molecule has 0 aliphatic rings. The van der Waals surface area contributed by atoms with E-state index in [1.165, 1.54) is 0 Å². The minimum atomic E-state index is -0.409. The molecule has 0 fully saturated rings. The zero-order valence-corrected chi connectivity index (χ0v) is 10.9. The van der Waals surface area contributed by atoms with Crippen LogP contribution in [-0.4, -0.2) is 15.9 Å². The number of primary amides is 1. The van der Waals surface area contributed by atoms with Gasteiger partial charge < -0.3 is 11.1 Å². The summed E-state index contributed by atoms with van der Waals surface area (Å²) in [5.74, 6) is -0.409. The third kappa shape index (κ3) is 3.93. The number of carbonyl (C=O) groups is 1. The molecule has 1 amide bonds. The van der Waals surface area contributed by atoms with Crippen molar-refractivity contribution in [1.82, 2.24) is 9.97 Å². The third-order valence-electron chi connectivity index (χ3n) is 2.52. The summed E-state index contributed by atoms with van der Waals surface area (Å²) in [6.45, 7) is 0.583. The summed E-state index contributed by atoms with van der Waals surface area (Å²) in [6, 6.07) is 5.49. The minimum absolute atomic E-state index is 0.125. The maximum Gasteiger partial charge on any atom is 0.221 e. The summed E-state index contributed by atoms with van der Waals surface area (Å²) in [5, 5.41) is 3.57. The van der Waals surface area contributed by atoms with Gasteiger partial charge >= 0.3 is 0 Å². The van der Waals surface area contributed by atoms with Crippen LogP contribution >= 0.6 is 11.6 Å². The van der Waals surface area contributed by atoms with Crippen molar-refractivity contribution in [2.45, 2.75) is 13.0 Å². The van der Waals surface area contributed by atoms with Gasteiger partial charge in [-0.3, -0.25) is 9.78 Å². The summed E-state index contributed by atoms with van der Waals surface area (Å²) < 4.78 is 0. The average molecular weight is 277 g/mol. The Morgan fingerprint density at radius 1 is 1.42 bits per heavy atom. The molecule has 2 aromatic heterocycles. The van der Waals surface area contributed by atoms with Crippen molar-refractivity contribution in [3.63, 3.8) is 0 Å². The van der Waals surface area contributed by atoms with Gasteiger partial charge in [0, 0.05) is 36.4 Å². The fraction of sp³-hybridized carbons (Fsp3) is 0.154. The monoisotopic (exact) mass is 276 g/mol. The first-order valence-electron chi connectivity index (χ1n) is 5.70. The van der Waals surface area contributed by atoms with Gasteiger partial charge in [-0.05, 0) is 17.7 Å². The van der Waals surface area contributed by atoms with E-state index in [-0.39, 0.29) is 6.42 Å². The fourth-order valence-corrected chi connectivity index (χ4v) is 1.81. The van der Waals surface area contributed by atoms with Crippen molar-refractivity contribution in [2.75, 3.05) is 5.32 Å². The number of anilines is 1. The van der Waals surface area contributed by atoms with E-state index in [0.29, 0.717) is 11.7 Å². The molecular weight excluding hydrogens is 264 g/mol. The van der Waals surface area contributed by atoms with E-state index in [1.807, 2.05) is 12.1 Å². The normalized spacial score (nSPS) is 10.2. The number of hydrogen-bond acceptors (Lipinski definition) is 4. The highest BCUT2D eigenvalue weighted by Gasteiger charge is 2.07. The molecule has 98 valence electrons. The Kier molecular flexibility index (Phi) is 4.30. The number of pyridine rings is 2. The lowest BCUT2D eigenvalue weighted by Gasteiger charge is -2.11. The molecule has 0 saturated carbocycles. The lowest BCUT2D eigenvalue weighted by atomic mass is 10.1. The van der Waals surface area contributed by atoms with E-state index < -0.39 is 5.91 Å². The smallest absolute Gasteiger partial charge is 0.221 e. The second kappa shape index (κ2) is 6.15. The number of nitrogens with one attached hydrogen (secondary N) is 1. The molecule has 2 heterocycles. The van der Waals surface area contributed by atoms with Crippen LogP contribution in [0.5, 0.6) is 0 Å². The van der Waals surface area contributed by atoms with E-state index in [9.17, 15) is 4.79 Å². The standard InChI is InChI=1S/C13H13ClN4O/c14-12-5-11(10(8-18-12)4-13(15)19)17-7-9-2-1-3-16-6-9/h1-3,5-6,8H,4,7H2,(H2,15,19)(H,17,18). The Labute approximate surface area is 115 Å². The van der Waals surface area contributed by atoms with Gasteiger partial charge in [-0.2, -0.15) is 0 Å². The highest BCUT2D eigenvalue weighted by Crippen LogP contribution is 2.20. The predicted octanol–water partition coefficient (Wildman–Crippen LogP) is 1.77. The Morgan fingerprint density at radius 3 is 2.95 bits per heavy atom. The molecule has 0 aliphatic carbocycles. The van der Waals surface area contributed by atoms with E-state index in [4.69, 9.17) is 17.3 Å². The van der Waals surface area contributed by atoms with Crippen molar-refractivity contribution in [1.29, 1.82) is 0 Å². The van der Waals surface area contributed by atoms with E-state index in [1.54, 1.807) is 24.7 Å². The summed E-state index contributed by atoms with van der Waals surface area (Å²) in [4.78, 5) is 19.0. The van der Waals surface area contributed by atoms with Gasteiger partial charge in [0.2, 0.25) is 5.91 Å². The first kappa shape index (κ1) is 13.3. The molecule has 0 radical (unpaired) electrons. The van der Waals surface area contributed by atoms with Crippen LogP contribution < -0.4 is 11.1 Å². The van der Waals surface area contributed by atoms with Crippen LogP contribution in [0.3, 0.4) is 0 Å². The Hall–Kier alpha value is -2.14. The fourth-order valence-electron chi connectivity index (χ4n) is 1.65. The van der Waals surface area contributed by atoms with Crippen LogP contribution in [0.15, 0.2) is 36.8 Å². The zero-order chi connectivity index (χ0) is 13.7. The van der Waals surface area contributed by atoms with Gasteiger partial charge in [-0.1, -0.05) is 17.7 Å². The number of carbonyl (C=O) groups excluding carboxylic acids is 1. The van der Waals surface area contributed by atoms with Crippen molar-refractivity contribution >= 4 is 23.2 Å². The largest absolute Gasteiger partial charge is 0.381 e. The van der Waals surface area contributed by atoms with Crippen LogP contribution in [0.1, 0.15) is 11.1 Å². The summed E-state index contributed by atoms with van der Waals surface area (Å²) in [6.07, 6.45) is 5.16. The number of rotatable bonds is 5. The molecule has 2 rings (SSSR count).